The van der Waals surface area contributed by atoms with Crippen molar-refractivity contribution in [3.8, 4) is 0 Å². The van der Waals surface area contributed by atoms with Gasteiger partial charge in [-0.25, -0.2) is 0 Å². The van der Waals surface area contributed by atoms with Crippen LogP contribution in [0.1, 0.15) is 70.6 Å². The van der Waals surface area contributed by atoms with Gasteiger partial charge >= 0.3 is 0 Å². The molecule has 5 nitrogen and oxygen atoms in total. The Kier molecular flexibility index (Phi) is 6.73. The number of hydrogen-bond acceptors (Lipinski definition) is 3. The van der Waals surface area contributed by atoms with Crippen molar-refractivity contribution in [3.63, 3.8) is 0 Å². The van der Waals surface area contributed by atoms with Gasteiger partial charge in [0.2, 0.25) is 11.8 Å². The van der Waals surface area contributed by atoms with Crippen LogP contribution in [0, 0.1) is 5.92 Å². The maximum Gasteiger partial charge on any atom is 0.247 e. The maximum absolute atomic E-state index is 13.0. The van der Waals surface area contributed by atoms with E-state index in [-0.39, 0.29) is 23.8 Å². The van der Waals surface area contributed by atoms with E-state index in [1.54, 1.807) is 0 Å². The molecule has 3 fully saturated rings. The van der Waals surface area contributed by atoms with Crippen molar-refractivity contribution in [2.45, 2.75) is 76.7 Å². The summed E-state index contributed by atoms with van der Waals surface area (Å²) in [5.41, 5.74) is 2.06. The summed E-state index contributed by atoms with van der Waals surface area (Å²) in [5, 5.41) is 3.06. The monoisotopic (exact) mass is 397 g/mol. The van der Waals surface area contributed by atoms with E-state index in [9.17, 15) is 9.59 Å². The van der Waals surface area contributed by atoms with Gasteiger partial charge in [-0.3, -0.25) is 9.59 Å². The molecular formula is C24H35N3O2. The molecule has 1 saturated carbocycles. The van der Waals surface area contributed by atoms with Crippen LogP contribution in [0.2, 0.25) is 0 Å². The summed E-state index contributed by atoms with van der Waals surface area (Å²) < 4.78 is 0. The highest BCUT2D eigenvalue weighted by molar-refractivity contribution is 5.98. The van der Waals surface area contributed by atoms with E-state index in [0.29, 0.717) is 0 Å². The minimum absolute atomic E-state index is 0.0332. The molecule has 2 amide bonds. The summed E-state index contributed by atoms with van der Waals surface area (Å²) >= 11 is 0. The smallest absolute Gasteiger partial charge is 0.247 e. The van der Waals surface area contributed by atoms with Gasteiger partial charge < -0.3 is 15.1 Å². The third-order valence-electron chi connectivity index (χ3n) is 6.90. The second-order valence-corrected chi connectivity index (χ2v) is 8.96. The van der Waals surface area contributed by atoms with E-state index in [1.165, 1.54) is 37.8 Å². The largest absolute Gasteiger partial charge is 0.372 e. The van der Waals surface area contributed by atoms with Crippen molar-refractivity contribution in [2.75, 3.05) is 29.9 Å². The Morgan fingerprint density at radius 1 is 0.759 bits per heavy atom. The van der Waals surface area contributed by atoms with Gasteiger partial charge in [-0.2, -0.15) is 0 Å². The lowest BCUT2D eigenvalue weighted by atomic mass is 9.88. The average Bonchev–Trinajstić information content (AvgIpc) is 3.10. The molecule has 1 N–H and O–H groups in total. The quantitative estimate of drug-likeness (QED) is 0.809. The Morgan fingerprint density at radius 3 is 2.10 bits per heavy atom. The fourth-order valence-corrected chi connectivity index (χ4v) is 5.20. The lowest BCUT2D eigenvalue weighted by Crippen LogP contribution is -2.46. The zero-order chi connectivity index (χ0) is 20.1. The SMILES string of the molecule is O=C(Nc1ccc(N2CCCCCC2)cc1)C1CCCN1C(=O)C1CCCCC1. The van der Waals surface area contributed by atoms with Crippen molar-refractivity contribution < 1.29 is 9.59 Å². The highest BCUT2D eigenvalue weighted by atomic mass is 16.2. The molecule has 5 heteroatoms. The number of amides is 2. The van der Waals surface area contributed by atoms with Crippen LogP contribution >= 0.6 is 0 Å². The molecule has 158 valence electrons. The number of carbonyl (C=O) groups is 2. The fraction of sp³-hybridized carbons (Fsp3) is 0.667. The molecule has 0 aromatic heterocycles. The van der Waals surface area contributed by atoms with E-state index in [2.05, 4.69) is 22.3 Å². The lowest BCUT2D eigenvalue weighted by molar-refractivity contribution is -0.141. The Hall–Kier alpha value is -2.04. The first kappa shape index (κ1) is 20.2. The summed E-state index contributed by atoms with van der Waals surface area (Å²) in [6, 6.07) is 7.91. The molecule has 2 aliphatic heterocycles. The van der Waals surface area contributed by atoms with Crippen molar-refractivity contribution in [3.05, 3.63) is 24.3 Å². The van der Waals surface area contributed by atoms with Crippen LogP contribution in [0.4, 0.5) is 11.4 Å². The van der Waals surface area contributed by atoms with Gasteiger partial charge in [-0.15, -0.1) is 0 Å². The fourth-order valence-electron chi connectivity index (χ4n) is 5.20. The predicted molar refractivity (Wildman–Crippen MR) is 117 cm³/mol. The van der Waals surface area contributed by atoms with Crippen molar-refractivity contribution in [2.24, 2.45) is 5.92 Å². The average molecular weight is 398 g/mol. The molecule has 0 radical (unpaired) electrons. The van der Waals surface area contributed by atoms with Gasteiger partial charge in [0.15, 0.2) is 0 Å². The highest BCUT2D eigenvalue weighted by Gasteiger charge is 2.37. The first-order valence-electron chi connectivity index (χ1n) is 11.7. The highest BCUT2D eigenvalue weighted by Crippen LogP contribution is 2.29. The van der Waals surface area contributed by atoms with Gasteiger partial charge in [-0.1, -0.05) is 32.1 Å². The van der Waals surface area contributed by atoms with Gasteiger partial charge in [-0.05, 0) is 62.8 Å². The van der Waals surface area contributed by atoms with Gasteiger partial charge in [0.25, 0.3) is 0 Å². The standard InChI is InChI=1S/C24H35N3O2/c28-23(22-11-8-18-27(22)24(29)19-9-4-3-5-10-19)25-20-12-14-21(15-13-20)26-16-6-1-2-7-17-26/h12-15,19,22H,1-11,16-18H2,(H,25,28). The second-order valence-electron chi connectivity index (χ2n) is 8.96. The maximum atomic E-state index is 13.0. The molecule has 1 aliphatic carbocycles. The van der Waals surface area contributed by atoms with Crippen molar-refractivity contribution >= 4 is 23.2 Å². The molecule has 2 saturated heterocycles. The van der Waals surface area contributed by atoms with Crippen LogP contribution in [0.5, 0.6) is 0 Å². The van der Waals surface area contributed by atoms with Crippen LogP contribution in [-0.4, -0.2) is 42.4 Å². The number of carbonyl (C=O) groups excluding carboxylic acids is 2. The number of anilines is 2. The molecule has 0 bridgehead atoms. The third kappa shape index (κ3) is 4.93. The van der Waals surface area contributed by atoms with Crippen LogP contribution in [0.3, 0.4) is 0 Å². The van der Waals surface area contributed by atoms with Crippen LogP contribution in [-0.2, 0) is 9.59 Å². The van der Waals surface area contributed by atoms with E-state index in [1.807, 2.05) is 17.0 Å². The van der Waals surface area contributed by atoms with E-state index in [0.717, 1.165) is 63.8 Å². The molecule has 1 unspecified atom stereocenters. The van der Waals surface area contributed by atoms with Gasteiger partial charge in [0.1, 0.15) is 6.04 Å². The number of nitrogens with zero attached hydrogens (tertiary/aromatic N) is 2. The zero-order valence-corrected chi connectivity index (χ0v) is 17.6. The summed E-state index contributed by atoms with van der Waals surface area (Å²) in [5.74, 6) is 0.304. The lowest BCUT2D eigenvalue weighted by Gasteiger charge is -2.30. The van der Waals surface area contributed by atoms with Crippen LogP contribution < -0.4 is 10.2 Å². The summed E-state index contributed by atoms with van der Waals surface area (Å²) in [7, 11) is 0. The van der Waals surface area contributed by atoms with E-state index < -0.39 is 0 Å². The summed E-state index contributed by atoms with van der Waals surface area (Å²) in [6.07, 6.45) is 12.3. The molecule has 1 aromatic rings. The second kappa shape index (κ2) is 9.64. The topological polar surface area (TPSA) is 52.7 Å². The Morgan fingerprint density at radius 2 is 1.41 bits per heavy atom. The summed E-state index contributed by atoms with van der Waals surface area (Å²) in [4.78, 5) is 30.2. The number of likely N-dealkylation sites (tertiary alicyclic amines) is 1. The summed E-state index contributed by atoms with van der Waals surface area (Å²) in [6.45, 7) is 2.96. The zero-order valence-electron chi connectivity index (χ0n) is 17.6. The van der Waals surface area contributed by atoms with E-state index in [4.69, 9.17) is 0 Å². The van der Waals surface area contributed by atoms with Crippen molar-refractivity contribution in [1.29, 1.82) is 0 Å². The van der Waals surface area contributed by atoms with Crippen LogP contribution in [0.25, 0.3) is 0 Å². The molecule has 3 aliphatic rings. The normalized spacial score (nSPS) is 23.7. The molecule has 0 spiro atoms. The first-order chi connectivity index (χ1) is 14.2. The molecule has 2 heterocycles. The Balaban J connectivity index is 1.36. The number of nitrogens with one attached hydrogen (secondary N) is 1. The third-order valence-corrected chi connectivity index (χ3v) is 6.90. The molecule has 1 aromatic carbocycles. The van der Waals surface area contributed by atoms with Crippen molar-refractivity contribution in [1.82, 2.24) is 4.90 Å². The molecule has 1 atom stereocenters. The van der Waals surface area contributed by atoms with E-state index >= 15 is 0 Å². The minimum atomic E-state index is -0.310. The molecule has 29 heavy (non-hydrogen) atoms. The number of rotatable bonds is 4. The Bertz CT molecular complexity index is 689. The number of benzene rings is 1. The minimum Gasteiger partial charge on any atom is -0.372 e. The first-order valence-corrected chi connectivity index (χ1v) is 11.7. The molecule has 4 rings (SSSR count). The predicted octanol–water partition coefficient (Wildman–Crippen LogP) is 4.58. The van der Waals surface area contributed by atoms with Gasteiger partial charge in [0, 0.05) is 36.9 Å². The van der Waals surface area contributed by atoms with Gasteiger partial charge in [0.05, 0.1) is 0 Å². The Labute approximate surface area is 174 Å². The van der Waals surface area contributed by atoms with Crippen LogP contribution in [0.15, 0.2) is 24.3 Å². The molecular weight excluding hydrogens is 362 g/mol. The number of hydrogen-bond donors (Lipinski definition) is 1.